The lowest BCUT2D eigenvalue weighted by atomic mass is 9.97. The number of aromatic nitrogens is 2. The molecule has 2 aromatic carbocycles. The van der Waals surface area contributed by atoms with Gasteiger partial charge in [0, 0.05) is 41.0 Å². The minimum atomic E-state index is 0.00655. The SMILES string of the molecule is COc1ccc(-c2cncc(Cc3c(O)nc(C)c4cc(OC)c(OC)cc34)c2)cc1. The van der Waals surface area contributed by atoms with Crippen LogP contribution in [0, 0.1) is 6.92 Å². The van der Waals surface area contributed by atoms with Gasteiger partial charge in [0.2, 0.25) is 5.88 Å². The van der Waals surface area contributed by atoms with Gasteiger partial charge in [-0.25, -0.2) is 4.98 Å². The third-order valence-corrected chi connectivity index (χ3v) is 5.38. The van der Waals surface area contributed by atoms with Gasteiger partial charge in [0.25, 0.3) is 0 Å². The molecule has 158 valence electrons. The van der Waals surface area contributed by atoms with Crippen LogP contribution in [-0.4, -0.2) is 36.4 Å². The van der Waals surface area contributed by atoms with Crippen LogP contribution in [0.3, 0.4) is 0 Å². The lowest BCUT2D eigenvalue weighted by Crippen LogP contribution is -1.99. The Balaban J connectivity index is 1.78. The first-order valence-electron chi connectivity index (χ1n) is 9.86. The maximum Gasteiger partial charge on any atom is 0.215 e. The van der Waals surface area contributed by atoms with Crippen LogP contribution in [-0.2, 0) is 6.42 Å². The number of ether oxygens (including phenoxy) is 3. The lowest BCUT2D eigenvalue weighted by molar-refractivity contribution is 0.355. The fourth-order valence-electron chi connectivity index (χ4n) is 3.74. The number of hydrogen-bond acceptors (Lipinski definition) is 6. The Morgan fingerprint density at radius 1 is 0.806 bits per heavy atom. The molecule has 0 amide bonds. The van der Waals surface area contributed by atoms with Crippen LogP contribution in [0.4, 0.5) is 0 Å². The normalized spacial score (nSPS) is 10.8. The summed E-state index contributed by atoms with van der Waals surface area (Å²) in [5, 5.41) is 12.4. The number of fused-ring (bicyclic) bond motifs is 1. The summed E-state index contributed by atoms with van der Waals surface area (Å²) >= 11 is 0. The summed E-state index contributed by atoms with van der Waals surface area (Å²) in [6, 6.07) is 13.7. The van der Waals surface area contributed by atoms with Crippen molar-refractivity contribution >= 4 is 10.8 Å². The minimum absolute atomic E-state index is 0.00655. The summed E-state index contributed by atoms with van der Waals surface area (Å²) in [4.78, 5) is 8.76. The van der Waals surface area contributed by atoms with Gasteiger partial charge in [-0.15, -0.1) is 0 Å². The van der Waals surface area contributed by atoms with Crippen molar-refractivity contribution in [3.63, 3.8) is 0 Å². The van der Waals surface area contributed by atoms with Gasteiger partial charge in [0.1, 0.15) is 5.75 Å². The smallest absolute Gasteiger partial charge is 0.215 e. The van der Waals surface area contributed by atoms with Crippen molar-refractivity contribution in [2.24, 2.45) is 0 Å². The highest BCUT2D eigenvalue weighted by atomic mass is 16.5. The maximum absolute atomic E-state index is 10.7. The molecule has 6 heteroatoms. The molecule has 4 aromatic rings. The van der Waals surface area contributed by atoms with E-state index in [2.05, 4.69) is 16.0 Å². The van der Waals surface area contributed by atoms with E-state index < -0.39 is 0 Å². The molecule has 0 saturated carbocycles. The summed E-state index contributed by atoms with van der Waals surface area (Å²) in [6.45, 7) is 1.86. The molecule has 0 bridgehead atoms. The predicted molar refractivity (Wildman–Crippen MR) is 120 cm³/mol. The fraction of sp³-hybridized carbons (Fsp3) is 0.200. The number of aromatic hydroxyl groups is 1. The molecule has 0 unspecified atom stereocenters. The second-order valence-electron chi connectivity index (χ2n) is 7.24. The van der Waals surface area contributed by atoms with Gasteiger partial charge in [-0.05, 0) is 53.8 Å². The number of nitrogens with zero attached hydrogens (tertiary/aromatic N) is 2. The highest BCUT2D eigenvalue weighted by molar-refractivity contribution is 5.92. The topological polar surface area (TPSA) is 73.7 Å². The Bertz CT molecular complexity index is 1240. The molecular weight excluding hydrogens is 392 g/mol. The summed E-state index contributed by atoms with van der Waals surface area (Å²) in [7, 11) is 4.85. The second kappa shape index (κ2) is 8.52. The highest BCUT2D eigenvalue weighted by Crippen LogP contribution is 2.38. The van der Waals surface area contributed by atoms with Crippen LogP contribution in [0.15, 0.2) is 54.9 Å². The molecule has 0 saturated heterocycles. The van der Waals surface area contributed by atoms with Crippen molar-refractivity contribution in [1.29, 1.82) is 0 Å². The number of pyridine rings is 2. The highest BCUT2D eigenvalue weighted by Gasteiger charge is 2.16. The molecule has 0 radical (unpaired) electrons. The number of rotatable bonds is 6. The zero-order valence-electron chi connectivity index (χ0n) is 18.0. The molecule has 6 nitrogen and oxygen atoms in total. The van der Waals surface area contributed by atoms with E-state index in [0.29, 0.717) is 17.9 Å². The van der Waals surface area contributed by atoms with Crippen molar-refractivity contribution in [3.05, 3.63) is 71.7 Å². The predicted octanol–water partition coefficient (Wildman–Crippen LogP) is 4.93. The van der Waals surface area contributed by atoms with Gasteiger partial charge in [0.05, 0.1) is 21.3 Å². The molecule has 0 aliphatic heterocycles. The number of methoxy groups -OCH3 is 3. The number of hydrogen-bond donors (Lipinski definition) is 1. The van der Waals surface area contributed by atoms with Gasteiger partial charge < -0.3 is 19.3 Å². The van der Waals surface area contributed by atoms with E-state index in [4.69, 9.17) is 14.2 Å². The lowest BCUT2D eigenvalue weighted by Gasteiger charge is -2.15. The summed E-state index contributed by atoms with van der Waals surface area (Å²) < 4.78 is 16.1. The largest absolute Gasteiger partial charge is 0.497 e. The van der Waals surface area contributed by atoms with Crippen LogP contribution in [0.1, 0.15) is 16.8 Å². The van der Waals surface area contributed by atoms with E-state index in [9.17, 15) is 5.11 Å². The van der Waals surface area contributed by atoms with Gasteiger partial charge in [-0.3, -0.25) is 4.98 Å². The van der Waals surface area contributed by atoms with Crippen LogP contribution >= 0.6 is 0 Å². The Kier molecular flexibility index (Phi) is 5.62. The van der Waals surface area contributed by atoms with E-state index in [1.807, 2.05) is 49.5 Å². The Hall–Kier alpha value is -3.80. The quantitative estimate of drug-likeness (QED) is 0.481. The van der Waals surface area contributed by atoms with Gasteiger partial charge in [-0.1, -0.05) is 12.1 Å². The van der Waals surface area contributed by atoms with Crippen molar-refractivity contribution in [1.82, 2.24) is 9.97 Å². The van der Waals surface area contributed by atoms with Crippen molar-refractivity contribution in [2.75, 3.05) is 21.3 Å². The van der Waals surface area contributed by atoms with E-state index in [0.717, 1.165) is 44.5 Å². The maximum atomic E-state index is 10.7. The zero-order valence-corrected chi connectivity index (χ0v) is 18.0. The van der Waals surface area contributed by atoms with Crippen LogP contribution in [0.2, 0.25) is 0 Å². The summed E-state index contributed by atoms with van der Waals surface area (Å²) in [5.74, 6) is 2.04. The molecule has 0 aliphatic carbocycles. The Morgan fingerprint density at radius 3 is 2.13 bits per heavy atom. The standard InChI is InChI=1S/C25H24N2O4/c1-15-20-11-23(30-3)24(31-4)12-21(20)22(25(28)27-15)10-16-9-18(14-26-13-16)17-5-7-19(29-2)8-6-17/h5-9,11-14H,10H2,1-4H3,(H,27,28). The molecule has 2 aromatic heterocycles. The molecule has 0 aliphatic rings. The summed E-state index contributed by atoms with van der Waals surface area (Å²) in [6.07, 6.45) is 4.10. The molecule has 31 heavy (non-hydrogen) atoms. The first-order chi connectivity index (χ1) is 15.0. The van der Waals surface area contributed by atoms with Crippen LogP contribution in [0.25, 0.3) is 21.9 Å². The molecular formula is C25H24N2O4. The van der Waals surface area contributed by atoms with E-state index in [1.165, 1.54) is 0 Å². The number of aryl methyl sites for hydroxylation is 1. The van der Waals surface area contributed by atoms with Gasteiger partial charge in [-0.2, -0.15) is 0 Å². The van der Waals surface area contributed by atoms with Crippen molar-refractivity contribution < 1.29 is 19.3 Å². The molecule has 1 N–H and O–H groups in total. The van der Waals surface area contributed by atoms with Gasteiger partial charge >= 0.3 is 0 Å². The monoisotopic (exact) mass is 416 g/mol. The average Bonchev–Trinajstić information content (AvgIpc) is 2.81. The fourth-order valence-corrected chi connectivity index (χ4v) is 3.74. The molecule has 0 spiro atoms. The average molecular weight is 416 g/mol. The summed E-state index contributed by atoms with van der Waals surface area (Å²) in [5.41, 5.74) is 4.43. The first kappa shape index (κ1) is 20.5. The molecule has 0 atom stereocenters. The second-order valence-corrected chi connectivity index (χ2v) is 7.24. The molecule has 2 heterocycles. The first-order valence-corrected chi connectivity index (χ1v) is 9.86. The van der Waals surface area contributed by atoms with E-state index in [1.54, 1.807) is 27.5 Å². The van der Waals surface area contributed by atoms with Crippen LogP contribution in [0.5, 0.6) is 23.1 Å². The van der Waals surface area contributed by atoms with Gasteiger partial charge in [0.15, 0.2) is 11.5 Å². The molecule has 0 fully saturated rings. The van der Waals surface area contributed by atoms with Crippen LogP contribution < -0.4 is 14.2 Å². The number of benzene rings is 2. The molecule has 4 rings (SSSR count). The third kappa shape index (κ3) is 3.97. The zero-order chi connectivity index (χ0) is 22.0. The Labute approximate surface area is 181 Å². The minimum Gasteiger partial charge on any atom is -0.497 e. The van der Waals surface area contributed by atoms with Crippen molar-refractivity contribution in [2.45, 2.75) is 13.3 Å². The Morgan fingerprint density at radius 2 is 1.48 bits per heavy atom. The van der Waals surface area contributed by atoms with Crippen molar-refractivity contribution in [3.8, 4) is 34.3 Å². The van der Waals surface area contributed by atoms with E-state index in [-0.39, 0.29) is 5.88 Å². The van der Waals surface area contributed by atoms with E-state index >= 15 is 0 Å². The third-order valence-electron chi connectivity index (χ3n) is 5.38.